The number of ether oxygens (including phenoxy) is 1. The second kappa shape index (κ2) is 13.0. The minimum atomic E-state index is -3.24. The Morgan fingerprint density at radius 2 is 1.73 bits per heavy atom. The predicted molar refractivity (Wildman–Crippen MR) is 196 cm³/mol. The number of aryl methyl sites for hydroxylation is 1. The molecule has 256 valence electrons. The van der Waals surface area contributed by atoms with Gasteiger partial charge < -0.3 is 24.8 Å². The van der Waals surface area contributed by atoms with Gasteiger partial charge in [0.15, 0.2) is 0 Å². The maximum atomic E-state index is 13.5. The first-order valence-corrected chi connectivity index (χ1v) is 20.6. The van der Waals surface area contributed by atoms with Crippen molar-refractivity contribution in [2.24, 2.45) is 7.05 Å². The molecular formula is C32H36BrN10O4PS. The fraction of sp³-hybridized carbons (Fsp3) is 0.344. The molecule has 0 spiro atoms. The summed E-state index contributed by atoms with van der Waals surface area (Å²) in [6.07, 6.45) is 10.1. The van der Waals surface area contributed by atoms with Gasteiger partial charge in [0.2, 0.25) is 16.0 Å². The van der Waals surface area contributed by atoms with Gasteiger partial charge in [0, 0.05) is 80.9 Å². The van der Waals surface area contributed by atoms with E-state index in [0.717, 1.165) is 29.7 Å². The lowest BCUT2D eigenvalue weighted by atomic mass is 10.0. The number of sulfonamides is 1. The van der Waals surface area contributed by atoms with Gasteiger partial charge in [-0.25, -0.2) is 13.4 Å². The first-order valence-electron chi connectivity index (χ1n) is 15.7. The molecule has 2 fully saturated rings. The Kier molecular flexibility index (Phi) is 8.84. The molecule has 0 bridgehead atoms. The van der Waals surface area contributed by atoms with E-state index in [-0.39, 0.29) is 5.25 Å². The van der Waals surface area contributed by atoms with E-state index < -0.39 is 17.2 Å². The quantitative estimate of drug-likeness (QED) is 0.185. The molecule has 7 rings (SSSR count). The highest BCUT2D eigenvalue weighted by Crippen LogP contribution is 2.43. The van der Waals surface area contributed by atoms with E-state index >= 15 is 0 Å². The Morgan fingerprint density at radius 3 is 2.41 bits per heavy atom. The molecule has 2 aromatic carbocycles. The normalized spacial score (nSPS) is 15.8. The highest BCUT2D eigenvalue weighted by atomic mass is 79.9. The zero-order valence-corrected chi connectivity index (χ0v) is 30.8. The Bertz CT molecular complexity index is 2220. The molecule has 17 heteroatoms. The van der Waals surface area contributed by atoms with E-state index in [9.17, 15) is 13.0 Å². The van der Waals surface area contributed by atoms with Gasteiger partial charge in [-0.05, 0) is 60.3 Å². The van der Waals surface area contributed by atoms with Crippen molar-refractivity contribution in [2.75, 3.05) is 62.2 Å². The van der Waals surface area contributed by atoms with Crippen LogP contribution >= 0.6 is 23.1 Å². The highest BCUT2D eigenvalue weighted by Gasteiger charge is 2.41. The van der Waals surface area contributed by atoms with Crippen molar-refractivity contribution in [3.05, 3.63) is 59.7 Å². The largest absolute Gasteiger partial charge is 0.494 e. The molecular weight excluding hydrogens is 731 g/mol. The molecule has 1 aliphatic heterocycles. The van der Waals surface area contributed by atoms with E-state index in [1.165, 1.54) is 0 Å². The number of hydrogen-bond acceptors (Lipinski definition) is 12. The van der Waals surface area contributed by atoms with E-state index in [0.29, 0.717) is 75.9 Å². The minimum absolute atomic E-state index is 0.226. The topological polar surface area (TPSA) is 160 Å². The Hall–Kier alpha value is -4.11. The van der Waals surface area contributed by atoms with E-state index in [1.54, 1.807) is 54.2 Å². The number of hydrogen-bond donors (Lipinski definition) is 2. The molecule has 2 N–H and O–H groups in total. The van der Waals surface area contributed by atoms with Crippen LogP contribution in [-0.4, -0.2) is 94.3 Å². The monoisotopic (exact) mass is 766 g/mol. The Labute approximate surface area is 292 Å². The lowest BCUT2D eigenvalue weighted by molar-refractivity contribution is 0.383. The van der Waals surface area contributed by atoms with Crippen LogP contribution in [0.4, 0.5) is 28.8 Å². The van der Waals surface area contributed by atoms with Crippen LogP contribution in [0.1, 0.15) is 12.8 Å². The molecule has 14 nitrogen and oxygen atoms in total. The first kappa shape index (κ1) is 33.4. The van der Waals surface area contributed by atoms with Gasteiger partial charge in [0.05, 0.1) is 45.2 Å². The van der Waals surface area contributed by atoms with Crippen molar-refractivity contribution in [3.8, 4) is 16.9 Å². The number of aromatic nitrogens is 6. The number of nitrogens with zero attached hydrogens (tertiary/aromatic N) is 8. The van der Waals surface area contributed by atoms with Crippen molar-refractivity contribution in [2.45, 2.75) is 18.1 Å². The maximum Gasteiger partial charge on any atom is 0.229 e. The molecule has 0 unspecified atom stereocenters. The summed E-state index contributed by atoms with van der Waals surface area (Å²) in [5.74, 6) is 1.31. The van der Waals surface area contributed by atoms with Crippen LogP contribution in [0.3, 0.4) is 0 Å². The van der Waals surface area contributed by atoms with Crippen LogP contribution in [0, 0.1) is 0 Å². The van der Waals surface area contributed by atoms with Crippen molar-refractivity contribution in [1.82, 2.24) is 34.0 Å². The predicted octanol–water partition coefficient (Wildman–Crippen LogP) is 4.94. The van der Waals surface area contributed by atoms with Gasteiger partial charge >= 0.3 is 0 Å². The van der Waals surface area contributed by atoms with Crippen LogP contribution < -0.4 is 25.6 Å². The summed E-state index contributed by atoms with van der Waals surface area (Å²) >= 11 is 3.56. The van der Waals surface area contributed by atoms with Gasteiger partial charge in [0.1, 0.15) is 24.2 Å². The first-order chi connectivity index (χ1) is 23.4. The van der Waals surface area contributed by atoms with Crippen molar-refractivity contribution < 1.29 is 17.7 Å². The van der Waals surface area contributed by atoms with Gasteiger partial charge in [-0.2, -0.15) is 14.4 Å². The smallest absolute Gasteiger partial charge is 0.229 e. The van der Waals surface area contributed by atoms with Crippen LogP contribution in [0.2, 0.25) is 0 Å². The molecule has 0 radical (unpaired) electrons. The number of rotatable bonds is 10. The summed E-state index contributed by atoms with van der Waals surface area (Å²) in [4.78, 5) is 20.3. The molecule has 0 atom stereocenters. The van der Waals surface area contributed by atoms with E-state index in [1.807, 2.05) is 37.5 Å². The fourth-order valence-electron chi connectivity index (χ4n) is 6.08. The number of nitrogens with one attached hydrogen (secondary N) is 2. The van der Waals surface area contributed by atoms with Crippen LogP contribution in [0.15, 0.2) is 59.7 Å². The van der Waals surface area contributed by atoms with Gasteiger partial charge in [-0.3, -0.25) is 14.6 Å². The number of halogens is 1. The lowest BCUT2D eigenvalue weighted by Crippen LogP contribution is -2.49. The molecule has 0 amide bonds. The van der Waals surface area contributed by atoms with Crippen molar-refractivity contribution >= 4 is 78.3 Å². The van der Waals surface area contributed by atoms with Crippen LogP contribution in [-0.2, 0) is 21.6 Å². The Balaban J connectivity index is 1.21. The molecule has 2 aliphatic rings. The Morgan fingerprint density at radius 1 is 0.980 bits per heavy atom. The summed E-state index contributed by atoms with van der Waals surface area (Å²) in [5.41, 5.74) is 5.16. The number of piperazine rings is 1. The van der Waals surface area contributed by atoms with Crippen molar-refractivity contribution in [3.63, 3.8) is 0 Å². The van der Waals surface area contributed by atoms with Crippen LogP contribution in [0.5, 0.6) is 5.75 Å². The number of methoxy groups -OCH3 is 1. The van der Waals surface area contributed by atoms with E-state index in [4.69, 9.17) is 9.72 Å². The third-order valence-corrected chi connectivity index (χ3v) is 13.1. The van der Waals surface area contributed by atoms with Gasteiger partial charge in [0.25, 0.3) is 0 Å². The molecule has 4 heterocycles. The molecule has 1 saturated carbocycles. The third-order valence-electron chi connectivity index (χ3n) is 8.61. The summed E-state index contributed by atoms with van der Waals surface area (Å²) in [6, 6.07) is 7.59. The summed E-state index contributed by atoms with van der Waals surface area (Å²) in [7, 11) is -2.57. The third kappa shape index (κ3) is 6.74. The zero-order valence-electron chi connectivity index (χ0n) is 27.5. The van der Waals surface area contributed by atoms with Gasteiger partial charge in [-0.15, -0.1) is 0 Å². The lowest BCUT2D eigenvalue weighted by Gasteiger charge is -2.36. The van der Waals surface area contributed by atoms with Crippen LogP contribution in [0.25, 0.3) is 22.2 Å². The van der Waals surface area contributed by atoms with Gasteiger partial charge in [-0.1, -0.05) is 0 Å². The number of anilines is 5. The summed E-state index contributed by atoms with van der Waals surface area (Å²) in [5, 5.41) is 11.4. The zero-order chi connectivity index (χ0) is 34.5. The average Bonchev–Trinajstić information content (AvgIpc) is 3.86. The van der Waals surface area contributed by atoms with E-state index in [2.05, 4.69) is 51.5 Å². The molecule has 1 aliphatic carbocycles. The minimum Gasteiger partial charge on any atom is -0.494 e. The fourth-order valence-corrected chi connectivity index (χ4v) is 9.59. The summed E-state index contributed by atoms with van der Waals surface area (Å²) in [6.45, 7) is 5.35. The molecule has 49 heavy (non-hydrogen) atoms. The molecule has 1 saturated heterocycles. The number of benzene rings is 2. The molecule has 3 aromatic heterocycles. The highest BCUT2D eigenvalue weighted by molar-refractivity contribution is 9.10. The molecule has 5 aromatic rings. The van der Waals surface area contributed by atoms with Crippen molar-refractivity contribution in [1.29, 1.82) is 0 Å². The maximum absolute atomic E-state index is 13.5. The number of fused-ring (bicyclic) bond motifs is 1. The second-order valence-electron chi connectivity index (χ2n) is 12.5. The summed E-state index contributed by atoms with van der Waals surface area (Å²) < 4.78 is 49.1. The SMILES string of the molecule is COc1cc(N2CCN(S(=O)(=O)C3CC3)CC2)c(-c2cnn(C)c2)cc1Nc1ncc(Br)c(Nc2ccc3nccnc3c2P(C)(C)=O)n1. The standard InChI is InChI=1S/C32H36BrN10O4PS/c1-41-19-20(17-37-41)22-15-26(28(47-2)16-27(22)42-11-13-43(14-12-42)49(45,46)21-5-6-21)39-32-36-18-23(33)31(40-32)38-25-8-7-24-29(35-10-9-34-24)30(25)48(3,4)44/h7-10,15-19,21H,5-6,11-14H2,1-4H3,(H2,36,38,39,40). The second-order valence-corrected chi connectivity index (χ2v) is 18.7. The average molecular weight is 768 g/mol.